The first-order valence-electron chi connectivity index (χ1n) is 11.5. The van der Waals surface area contributed by atoms with E-state index in [0.29, 0.717) is 56.5 Å². The van der Waals surface area contributed by atoms with E-state index in [9.17, 15) is 9.90 Å². The van der Waals surface area contributed by atoms with Gasteiger partial charge >= 0.3 is 0 Å². The Morgan fingerprint density at radius 1 is 1.29 bits per heavy atom. The molecule has 3 atom stereocenters. The lowest BCUT2D eigenvalue weighted by atomic mass is 9.75. The number of piperidine rings is 1. The van der Waals surface area contributed by atoms with E-state index in [1.165, 1.54) is 0 Å². The summed E-state index contributed by atoms with van der Waals surface area (Å²) in [5, 5.41) is 11.5. The minimum absolute atomic E-state index is 0. The average molecular weight is 498 g/mol. The maximum atomic E-state index is 12.7. The minimum Gasteiger partial charge on any atom is -0.388 e. The summed E-state index contributed by atoms with van der Waals surface area (Å²) >= 11 is 0. The number of rotatable bonds is 6. The summed E-state index contributed by atoms with van der Waals surface area (Å²) in [7, 11) is 0. The molecule has 2 fully saturated rings. The Balaban J connectivity index is 0.00000324. The molecule has 13 heteroatoms. The van der Waals surface area contributed by atoms with Gasteiger partial charge in [0.15, 0.2) is 11.5 Å². The van der Waals surface area contributed by atoms with Crippen LogP contribution < -0.4 is 22.9 Å². The van der Waals surface area contributed by atoms with E-state index >= 15 is 0 Å². The van der Waals surface area contributed by atoms with Gasteiger partial charge in [0.2, 0.25) is 11.9 Å². The highest BCUT2D eigenvalue weighted by Gasteiger charge is 2.50. The van der Waals surface area contributed by atoms with Crippen LogP contribution in [0.15, 0.2) is 6.33 Å². The third-order valence-corrected chi connectivity index (χ3v) is 7.02. The van der Waals surface area contributed by atoms with Crippen LogP contribution >= 0.6 is 12.4 Å². The number of nitrogen functional groups attached to an aromatic ring is 2. The van der Waals surface area contributed by atoms with Crippen molar-refractivity contribution in [3.8, 4) is 0 Å². The molecule has 2 aliphatic rings. The van der Waals surface area contributed by atoms with E-state index in [-0.39, 0.29) is 36.7 Å². The van der Waals surface area contributed by atoms with Gasteiger partial charge in [-0.15, -0.1) is 12.4 Å². The largest absolute Gasteiger partial charge is 0.388 e. The number of aliphatic hydroxyl groups is 1. The van der Waals surface area contributed by atoms with Crippen molar-refractivity contribution in [2.45, 2.75) is 68.7 Å². The molecule has 2 aromatic rings. The highest BCUT2D eigenvalue weighted by atomic mass is 35.5. The maximum Gasteiger partial charge on any atom is 0.239 e. The summed E-state index contributed by atoms with van der Waals surface area (Å²) in [5.74, 6) is 0.220. The number of aromatic nitrogens is 4. The fourth-order valence-electron chi connectivity index (χ4n) is 5.14. The first kappa shape index (κ1) is 26.4. The van der Waals surface area contributed by atoms with Gasteiger partial charge in [-0.3, -0.25) is 4.79 Å². The summed E-state index contributed by atoms with van der Waals surface area (Å²) in [5.41, 5.74) is 22.6. The van der Waals surface area contributed by atoms with Gasteiger partial charge in [0.1, 0.15) is 5.52 Å². The molecule has 2 saturated heterocycles. The quantitative estimate of drug-likeness (QED) is 0.337. The highest BCUT2D eigenvalue weighted by molar-refractivity contribution is 5.85. The highest BCUT2D eigenvalue weighted by Crippen LogP contribution is 2.44. The van der Waals surface area contributed by atoms with Crippen LogP contribution in [0.25, 0.3) is 11.2 Å². The number of nitrogens with two attached hydrogens (primary N) is 4. The Hall–Kier alpha value is -2.25. The van der Waals surface area contributed by atoms with Crippen molar-refractivity contribution in [3.63, 3.8) is 0 Å². The van der Waals surface area contributed by atoms with E-state index in [2.05, 4.69) is 15.0 Å². The molecule has 0 aromatic carbocycles. The zero-order chi connectivity index (χ0) is 23.8. The van der Waals surface area contributed by atoms with Crippen LogP contribution in [0.1, 0.15) is 51.5 Å². The van der Waals surface area contributed by atoms with Crippen molar-refractivity contribution in [1.29, 1.82) is 0 Å². The second kappa shape index (κ2) is 10.2. The van der Waals surface area contributed by atoms with Gasteiger partial charge in [-0.2, -0.15) is 9.97 Å². The van der Waals surface area contributed by atoms with E-state index in [1.807, 2.05) is 4.90 Å². The molecule has 34 heavy (non-hydrogen) atoms. The number of anilines is 2. The second-order valence-electron chi connectivity index (χ2n) is 9.55. The molecule has 12 nitrogen and oxygen atoms in total. The van der Waals surface area contributed by atoms with E-state index in [1.54, 1.807) is 17.8 Å². The first-order chi connectivity index (χ1) is 15.7. The molecule has 4 heterocycles. The third kappa shape index (κ3) is 5.05. The second-order valence-corrected chi connectivity index (χ2v) is 9.55. The third-order valence-electron chi connectivity index (χ3n) is 7.02. The van der Waals surface area contributed by atoms with Crippen molar-refractivity contribution in [3.05, 3.63) is 6.33 Å². The number of ether oxygens (including phenoxy) is 1. The zero-order valence-corrected chi connectivity index (χ0v) is 20.3. The predicted molar refractivity (Wildman–Crippen MR) is 131 cm³/mol. The summed E-state index contributed by atoms with van der Waals surface area (Å²) < 4.78 is 8.12. The number of amides is 1. The summed E-state index contributed by atoms with van der Waals surface area (Å²) in [6.07, 6.45) is 5.65. The van der Waals surface area contributed by atoms with Gasteiger partial charge in [0.25, 0.3) is 0 Å². The predicted octanol–water partition coefficient (Wildman–Crippen LogP) is -0.0576. The van der Waals surface area contributed by atoms with Gasteiger partial charge < -0.3 is 42.2 Å². The zero-order valence-electron chi connectivity index (χ0n) is 19.5. The van der Waals surface area contributed by atoms with E-state index < -0.39 is 23.3 Å². The van der Waals surface area contributed by atoms with E-state index in [0.717, 1.165) is 12.8 Å². The number of carbonyl (C=O) groups excluding carboxylic acids is 1. The normalized spacial score (nSPS) is 25.3. The SMILES string of the molecule is C[C@@]1(O)CC2(CCN(C(=O)[C@H](N)CCCCN)CC2)OC[C@H]1n1cnc2c(N)nc(N)nc21.Cl. The van der Waals surface area contributed by atoms with Crippen LogP contribution in [-0.2, 0) is 9.53 Å². The van der Waals surface area contributed by atoms with Crippen molar-refractivity contribution in [1.82, 2.24) is 24.4 Å². The van der Waals surface area contributed by atoms with Gasteiger partial charge in [-0.05, 0) is 39.2 Å². The topological polar surface area (TPSA) is 197 Å². The molecule has 1 spiro atoms. The molecule has 0 bridgehead atoms. The van der Waals surface area contributed by atoms with Gasteiger partial charge in [0.05, 0.1) is 36.2 Å². The molecule has 2 aromatic heterocycles. The molecule has 2 aliphatic heterocycles. The standard InChI is InChI=1S/C21H35N9O3.ClH/c1-20(32)11-21(5-8-29(9-6-21)18(31)13(23)4-2-3-7-22)33-10-14(20)30-12-26-15-16(24)27-19(25)28-17(15)30;/h12-14,32H,2-11,22-23H2,1H3,(H4,24,25,27,28);1H/t13-,14-,20-;/m1./s1. The lowest BCUT2D eigenvalue weighted by Crippen LogP contribution is -2.59. The molecule has 0 radical (unpaired) electrons. The van der Waals surface area contributed by atoms with Gasteiger partial charge in [-0.25, -0.2) is 4.98 Å². The molecule has 190 valence electrons. The molecule has 0 aliphatic carbocycles. The van der Waals surface area contributed by atoms with Crippen LogP contribution in [0.3, 0.4) is 0 Å². The molecule has 1 amide bonds. The van der Waals surface area contributed by atoms with Crippen molar-refractivity contribution in [2.24, 2.45) is 11.5 Å². The van der Waals surface area contributed by atoms with E-state index in [4.69, 9.17) is 27.7 Å². The average Bonchev–Trinajstić information content (AvgIpc) is 3.17. The van der Waals surface area contributed by atoms with Crippen LogP contribution in [0.4, 0.5) is 11.8 Å². The lowest BCUT2D eigenvalue weighted by molar-refractivity contribution is -0.197. The van der Waals surface area contributed by atoms with Crippen molar-refractivity contribution in [2.75, 3.05) is 37.7 Å². The van der Waals surface area contributed by atoms with Gasteiger partial charge in [-0.1, -0.05) is 6.42 Å². The molecule has 9 N–H and O–H groups in total. The molecular weight excluding hydrogens is 462 g/mol. The van der Waals surface area contributed by atoms with Crippen LogP contribution in [-0.4, -0.2) is 78.9 Å². The monoisotopic (exact) mass is 497 g/mol. The Labute approximate surface area is 204 Å². The summed E-state index contributed by atoms with van der Waals surface area (Å²) in [6, 6.07) is -0.917. The number of nitrogens with zero attached hydrogens (tertiary/aromatic N) is 5. The first-order valence-corrected chi connectivity index (χ1v) is 11.5. The molecular formula is C21H36ClN9O3. The van der Waals surface area contributed by atoms with Crippen molar-refractivity contribution < 1.29 is 14.6 Å². The summed E-state index contributed by atoms with van der Waals surface area (Å²) in [4.78, 5) is 27.1. The number of fused-ring (bicyclic) bond motifs is 1. The molecule has 0 unspecified atom stereocenters. The van der Waals surface area contributed by atoms with Gasteiger partial charge in [0, 0.05) is 19.5 Å². The van der Waals surface area contributed by atoms with Crippen molar-refractivity contribution >= 4 is 41.2 Å². The van der Waals surface area contributed by atoms with Crippen LogP contribution in [0, 0.1) is 0 Å². The number of unbranched alkanes of at least 4 members (excludes halogenated alkanes) is 1. The number of imidazole rings is 1. The number of carbonyl (C=O) groups is 1. The number of hydrogen-bond acceptors (Lipinski definition) is 10. The lowest BCUT2D eigenvalue weighted by Gasteiger charge is -2.51. The fourth-order valence-corrected chi connectivity index (χ4v) is 5.14. The smallest absolute Gasteiger partial charge is 0.239 e. The van der Waals surface area contributed by atoms with Crippen LogP contribution in [0.2, 0.25) is 0 Å². The Bertz CT molecular complexity index is 1010. The number of likely N-dealkylation sites (tertiary alicyclic amines) is 1. The Kier molecular flexibility index (Phi) is 7.88. The maximum absolute atomic E-state index is 12.7. The summed E-state index contributed by atoms with van der Waals surface area (Å²) in [6.45, 7) is 3.78. The molecule has 4 rings (SSSR count). The van der Waals surface area contributed by atoms with Crippen LogP contribution in [0.5, 0.6) is 0 Å². The number of hydrogen-bond donors (Lipinski definition) is 5. The fraction of sp³-hybridized carbons (Fsp3) is 0.714. The Morgan fingerprint density at radius 3 is 2.65 bits per heavy atom. The molecule has 0 saturated carbocycles. The Morgan fingerprint density at radius 2 is 2.00 bits per heavy atom. The minimum atomic E-state index is -1.09. The number of halogens is 1.